The first kappa shape index (κ1) is 14.5. The highest BCUT2D eigenvalue weighted by atomic mass is 32.1. The van der Waals surface area contributed by atoms with E-state index in [9.17, 15) is 4.79 Å². The molecule has 1 aliphatic rings. The second kappa shape index (κ2) is 6.12. The van der Waals surface area contributed by atoms with E-state index in [0.717, 1.165) is 36.3 Å². The quantitative estimate of drug-likeness (QED) is 0.873. The molecule has 1 amide bonds. The van der Waals surface area contributed by atoms with Crippen LogP contribution in [0.4, 0.5) is 0 Å². The molecule has 3 rings (SSSR count). The number of thiazole rings is 1. The SMILES string of the molecule is CO[C@H](C)C(=O)N1CCCC[C@H]1c1nc2ccccc2s1. The third kappa shape index (κ3) is 2.80. The highest BCUT2D eigenvalue weighted by Gasteiger charge is 2.32. The van der Waals surface area contributed by atoms with Gasteiger partial charge in [-0.3, -0.25) is 4.79 Å². The van der Waals surface area contributed by atoms with Crippen LogP contribution in [0.1, 0.15) is 37.2 Å². The van der Waals surface area contributed by atoms with E-state index < -0.39 is 0 Å². The molecule has 0 spiro atoms. The molecule has 1 aromatic heterocycles. The highest BCUT2D eigenvalue weighted by molar-refractivity contribution is 7.18. The van der Waals surface area contributed by atoms with Crippen LogP contribution in [0.3, 0.4) is 0 Å². The Balaban J connectivity index is 1.91. The highest BCUT2D eigenvalue weighted by Crippen LogP contribution is 2.35. The minimum absolute atomic E-state index is 0.0708. The zero-order chi connectivity index (χ0) is 14.8. The van der Waals surface area contributed by atoms with Crippen LogP contribution in [0.15, 0.2) is 24.3 Å². The van der Waals surface area contributed by atoms with E-state index in [0.29, 0.717) is 0 Å². The maximum Gasteiger partial charge on any atom is 0.251 e. The van der Waals surface area contributed by atoms with Gasteiger partial charge in [0.25, 0.3) is 5.91 Å². The first-order valence-electron chi connectivity index (χ1n) is 7.39. The Morgan fingerprint density at radius 1 is 1.43 bits per heavy atom. The molecule has 2 aromatic rings. The van der Waals surface area contributed by atoms with Crippen LogP contribution in [0.5, 0.6) is 0 Å². The lowest BCUT2D eigenvalue weighted by molar-refractivity contribution is -0.145. The van der Waals surface area contributed by atoms with E-state index >= 15 is 0 Å². The smallest absolute Gasteiger partial charge is 0.251 e. The minimum atomic E-state index is -0.389. The molecule has 0 saturated carbocycles. The fourth-order valence-corrected chi connectivity index (χ4v) is 3.93. The van der Waals surface area contributed by atoms with Gasteiger partial charge in [0.1, 0.15) is 11.1 Å². The van der Waals surface area contributed by atoms with Crippen molar-refractivity contribution in [2.45, 2.75) is 38.3 Å². The van der Waals surface area contributed by atoms with E-state index in [-0.39, 0.29) is 18.1 Å². The summed E-state index contributed by atoms with van der Waals surface area (Å²) < 4.78 is 6.39. The lowest BCUT2D eigenvalue weighted by atomic mass is 10.0. The zero-order valence-electron chi connectivity index (χ0n) is 12.4. The molecule has 0 radical (unpaired) electrons. The van der Waals surface area contributed by atoms with Crippen molar-refractivity contribution in [3.05, 3.63) is 29.3 Å². The number of nitrogens with zero attached hydrogens (tertiary/aromatic N) is 2. The predicted molar refractivity (Wildman–Crippen MR) is 84.4 cm³/mol. The summed E-state index contributed by atoms with van der Waals surface area (Å²) in [5.74, 6) is 0.0708. The topological polar surface area (TPSA) is 42.4 Å². The van der Waals surface area contributed by atoms with Crippen molar-refractivity contribution in [1.82, 2.24) is 9.88 Å². The normalized spacial score (nSPS) is 20.7. The van der Waals surface area contributed by atoms with Crippen LogP contribution in [0.2, 0.25) is 0 Å². The fourth-order valence-electron chi connectivity index (χ4n) is 2.82. The Morgan fingerprint density at radius 3 is 3.00 bits per heavy atom. The van der Waals surface area contributed by atoms with Crippen molar-refractivity contribution in [2.75, 3.05) is 13.7 Å². The minimum Gasteiger partial charge on any atom is -0.372 e. The number of carbonyl (C=O) groups excluding carboxylic acids is 1. The summed E-state index contributed by atoms with van der Waals surface area (Å²) in [7, 11) is 1.58. The Morgan fingerprint density at radius 2 is 2.24 bits per heavy atom. The van der Waals surface area contributed by atoms with E-state index in [2.05, 4.69) is 6.07 Å². The van der Waals surface area contributed by atoms with Gasteiger partial charge in [-0.15, -0.1) is 11.3 Å². The van der Waals surface area contributed by atoms with Crippen LogP contribution in [-0.4, -0.2) is 35.5 Å². The number of para-hydroxylation sites is 1. The Labute approximate surface area is 128 Å². The number of ether oxygens (including phenoxy) is 1. The van der Waals surface area contributed by atoms with Crippen molar-refractivity contribution >= 4 is 27.5 Å². The number of amides is 1. The van der Waals surface area contributed by atoms with Crippen molar-refractivity contribution in [2.24, 2.45) is 0 Å². The van der Waals surface area contributed by atoms with Crippen molar-refractivity contribution in [3.63, 3.8) is 0 Å². The zero-order valence-corrected chi connectivity index (χ0v) is 13.2. The molecule has 5 heteroatoms. The maximum absolute atomic E-state index is 12.5. The monoisotopic (exact) mass is 304 g/mol. The number of fused-ring (bicyclic) bond motifs is 1. The van der Waals surface area contributed by atoms with Gasteiger partial charge in [-0.2, -0.15) is 0 Å². The number of hydrogen-bond donors (Lipinski definition) is 0. The summed E-state index contributed by atoms with van der Waals surface area (Å²) >= 11 is 1.70. The third-order valence-electron chi connectivity index (χ3n) is 4.08. The largest absolute Gasteiger partial charge is 0.372 e. The van der Waals surface area contributed by atoms with Crippen LogP contribution in [0.25, 0.3) is 10.2 Å². The number of aromatic nitrogens is 1. The molecule has 1 aromatic carbocycles. The van der Waals surface area contributed by atoms with Gasteiger partial charge in [-0.05, 0) is 38.3 Å². The molecule has 4 nitrogen and oxygen atoms in total. The summed E-state index contributed by atoms with van der Waals surface area (Å²) in [6.45, 7) is 2.61. The summed E-state index contributed by atoms with van der Waals surface area (Å²) in [6, 6.07) is 8.25. The number of methoxy groups -OCH3 is 1. The first-order chi connectivity index (χ1) is 10.2. The van der Waals surface area contributed by atoms with E-state index in [1.807, 2.05) is 30.0 Å². The molecule has 2 heterocycles. The van der Waals surface area contributed by atoms with E-state index in [1.165, 1.54) is 4.70 Å². The number of carbonyl (C=O) groups is 1. The van der Waals surface area contributed by atoms with Gasteiger partial charge in [0.15, 0.2) is 0 Å². The maximum atomic E-state index is 12.5. The van der Waals surface area contributed by atoms with E-state index in [4.69, 9.17) is 9.72 Å². The molecule has 1 saturated heterocycles. The van der Waals surface area contributed by atoms with Gasteiger partial charge in [-0.1, -0.05) is 12.1 Å². The van der Waals surface area contributed by atoms with Crippen LogP contribution >= 0.6 is 11.3 Å². The van der Waals surface area contributed by atoms with E-state index in [1.54, 1.807) is 18.4 Å². The molecule has 1 fully saturated rings. The van der Waals surface area contributed by atoms with Gasteiger partial charge in [0.2, 0.25) is 0 Å². The van der Waals surface area contributed by atoms with Gasteiger partial charge in [-0.25, -0.2) is 4.98 Å². The second-order valence-corrected chi connectivity index (χ2v) is 6.50. The van der Waals surface area contributed by atoms with Crippen molar-refractivity contribution in [1.29, 1.82) is 0 Å². The number of hydrogen-bond acceptors (Lipinski definition) is 4. The Hall–Kier alpha value is -1.46. The van der Waals surface area contributed by atoms with Gasteiger partial charge < -0.3 is 9.64 Å². The standard InChI is InChI=1S/C16H20N2O2S/c1-11(20-2)16(19)18-10-6-5-8-13(18)15-17-12-7-3-4-9-14(12)21-15/h3-4,7,9,11,13H,5-6,8,10H2,1-2H3/t11-,13+/m1/s1. The van der Waals surface area contributed by atoms with Gasteiger partial charge >= 0.3 is 0 Å². The second-order valence-electron chi connectivity index (χ2n) is 5.44. The molecule has 1 aliphatic heterocycles. The summed E-state index contributed by atoms with van der Waals surface area (Å²) in [4.78, 5) is 19.2. The number of likely N-dealkylation sites (tertiary alicyclic amines) is 1. The summed E-state index contributed by atoms with van der Waals surface area (Å²) in [5.41, 5.74) is 1.02. The van der Waals surface area contributed by atoms with Gasteiger partial charge in [0.05, 0.1) is 16.3 Å². The predicted octanol–water partition coefficient (Wildman–Crippen LogP) is 3.38. The summed E-state index contributed by atoms with van der Waals surface area (Å²) in [6.07, 6.45) is 2.80. The first-order valence-corrected chi connectivity index (χ1v) is 8.21. The molecule has 0 N–H and O–H groups in total. The molecular formula is C16H20N2O2S. The molecular weight excluding hydrogens is 284 g/mol. The lowest BCUT2D eigenvalue weighted by Gasteiger charge is -2.35. The number of rotatable bonds is 3. The van der Waals surface area contributed by atoms with Crippen molar-refractivity contribution < 1.29 is 9.53 Å². The number of piperidine rings is 1. The van der Waals surface area contributed by atoms with Gasteiger partial charge in [0, 0.05) is 13.7 Å². The number of benzene rings is 1. The third-order valence-corrected chi connectivity index (χ3v) is 5.22. The Bertz CT molecular complexity index is 607. The average Bonchev–Trinajstić information content (AvgIpc) is 2.97. The lowest BCUT2D eigenvalue weighted by Crippen LogP contribution is -2.43. The molecule has 0 bridgehead atoms. The molecule has 21 heavy (non-hydrogen) atoms. The molecule has 0 aliphatic carbocycles. The fraction of sp³-hybridized carbons (Fsp3) is 0.500. The van der Waals surface area contributed by atoms with Crippen LogP contribution in [-0.2, 0) is 9.53 Å². The molecule has 2 atom stereocenters. The van der Waals surface area contributed by atoms with Crippen LogP contribution in [0, 0.1) is 0 Å². The molecule has 0 unspecified atom stereocenters. The molecule has 112 valence electrons. The Kier molecular flexibility index (Phi) is 4.22. The summed E-state index contributed by atoms with van der Waals surface area (Å²) in [5, 5.41) is 1.05. The van der Waals surface area contributed by atoms with Crippen LogP contribution < -0.4 is 0 Å². The average molecular weight is 304 g/mol. The van der Waals surface area contributed by atoms with Crippen molar-refractivity contribution in [3.8, 4) is 0 Å².